The molecule has 13 heteroatoms. The fourth-order valence-corrected chi connectivity index (χ4v) is 19.5. The molecule has 2 aliphatic rings. The van der Waals surface area contributed by atoms with Crippen LogP contribution >= 0.6 is 7.26 Å². The fourth-order valence-electron chi connectivity index (χ4n) is 8.88. The third-order valence-electron chi connectivity index (χ3n) is 11.6. The molecule has 302 valence electrons. The van der Waals surface area contributed by atoms with Gasteiger partial charge in [0.2, 0.25) is 14.2 Å². The molecule has 1 amide bonds. The predicted octanol–water partition coefficient (Wildman–Crippen LogP) is 7.60. The van der Waals surface area contributed by atoms with Gasteiger partial charge in [-0.25, -0.2) is 4.79 Å². The zero-order valence-corrected chi connectivity index (χ0v) is 36.1. The number of ether oxygens (including phenoxy) is 2. The zero-order valence-electron chi connectivity index (χ0n) is 34.2. The minimum absolute atomic E-state index is 0.0503. The zero-order chi connectivity index (χ0) is 39.3. The second-order valence-corrected chi connectivity index (χ2v) is 26.1. The van der Waals surface area contributed by atoms with E-state index >= 15 is 0 Å². The number of H-pyrrole nitrogens is 1. The second-order valence-electron chi connectivity index (χ2n) is 16.2. The van der Waals surface area contributed by atoms with E-state index in [2.05, 4.69) is 67.3 Å². The Bertz CT molecular complexity index is 1420. The summed E-state index contributed by atoms with van der Waals surface area (Å²) in [5.41, 5.74) is 0.163. The molecule has 2 fully saturated rings. The topological polar surface area (TPSA) is 140 Å². The Kier molecular flexibility index (Phi) is 18.2. The molecule has 0 aromatic carbocycles. The van der Waals surface area contributed by atoms with Crippen molar-refractivity contribution in [2.45, 2.75) is 168 Å². The lowest BCUT2D eigenvalue weighted by Crippen LogP contribution is -2.54. The van der Waals surface area contributed by atoms with Crippen molar-refractivity contribution in [2.24, 2.45) is 0 Å². The van der Waals surface area contributed by atoms with Crippen LogP contribution in [0.1, 0.15) is 133 Å². The lowest BCUT2D eigenvalue weighted by molar-refractivity contribution is -0.155. The van der Waals surface area contributed by atoms with Gasteiger partial charge < -0.3 is 23.9 Å². The lowest BCUT2D eigenvalue weighted by Gasteiger charge is -2.45. The number of aromatic amines is 1. The van der Waals surface area contributed by atoms with Gasteiger partial charge in [-0.15, -0.1) is 0 Å². The molecular formula is C40H71N3O8PSi+. The number of nitrogens with one attached hydrogen (secondary N) is 1. The van der Waals surface area contributed by atoms with Crippen LogP contribution in [0.4, 0.5) is 0 Å². The van der Waals surface area contributed by atoms with Crippen LogP contribution in [0.3, 0.4) is 0 Å². The largest absolute Gasteiger partial charge is 0.456 e. The second kappa shape index (κ2) is 21.3. The summed E-state index contributed by atoms with van der Waals surface area (Å²) in [5, 5.41) is 10.5. The quantitative estimate of drug-likeness (QED) is 0.0658. The number of esters is 1. The van der Waals surface area contributed by atoms with Gasteiger partial charge in [-0.3, -0.25) is 23.9 Å². The Labute approximate surface area is 320 Å². The summed E-state index contributed by atoms with van der Waals surface area (Å²) in [5.74, 6) is -0.421. The van der Waals surface area contributed by atoms with E-state index in [1.165, 1.54) is 80.0 Å². The Hall–Kier alpha value is -2.11. The number of rotatable bonds is 23. The third-order valence-corrected chi connectivity index (χ3v) is 22.8. The molecule has 1 aromatic heterocycles. The highest BCUT2D eigenvalue weighted by molar-refractivity contribution is 7.75. The molecule has 53 heavy (non-hydrogen) atoms. The van der Waals surface area contributed by atoms with Crippen molar-refractivity contribution in [1.82, 2.24) is 14.5 Å². The average Bonchev–Trinajstić information content (AvgIpc) is 3.64. The van der Waals surface area contributed by atoms with Gasteiger partial charge in [0.1, 0.15) is 12.2 Å². The predicted molar refractivity (Wildman–Crippen MR) is 217 cm³/mol. The smallest absolute Gasteiger partial charge is 0.330 e. The number of aromatic nitrogens is 2. The molecular weight excluding hydrogens is 710 g/mol. The number of likely N-dealkylation sites (tertiary alicyclic amines) is 1. The van der Waals surface area contributed by atoms with E-state index in [-0.39, 0.29) is 29.0 Å². The summed E-state index contributed by atoms with van der Waals surface area (Å²) in [4.78, 5) is 55.9. The first-order chi connectivity index (χ1) is 25.2. The van der Waals surface area contributed by atoms with Gasteiger partial charge in [0, 0.05) is 38.2 Å². The van der Waals surface area contributed by atoms with Crippen molar-refractivity contribution in [1.29, 1.82) is 0 Å². The van der Waals surface area contributed by atoms with Crippen LogP contribution in [0.25, 0.3) is 0 Å². The normalized spacial score (nSPS) is 21.9. The molecule has 0 bridgehead atoms. The van der Waals surface area contributed by atoms with Crippen molar-refractivity contribution < 1.29 is 28.6 Å². The molecule has 1 unspecified atom stereocenters. The Morgan fingerprint density at radius 3 is 2.00 bits per heavy atom. The maximum Gasteiger partial charge on any atom is 0.330 e. The average molecular weight is 781 g/mol. The van der Waals surface area contributed by atoms with Crippen LogP contribution in [-0.2, 0) is 23.5 Å². The third kappa shape index (κ3) is 11.5. The number of aliphatic hydroxyl groups excluding tert-OH is 1. The monoisotopic (exact) mass is 780 g/mol. The number of unbranched alkanes of at least 4 members (excludes halogenated alkanes) is 3. The van der Waals surface area contributed by atoms with Crippen molar-refractivity contribution in [3.8, 4) is 0 Å². The molecule has 3 rings (SSSR count). The first-order valence-electron chi connectivity index (χ1n) is 20.5. The first kappa shape index (κ1) is 45.3. The summed E-state index contributed by atoms with van der Waals surface area (Å²) in [6.07, 6.45) is 14.0. The van der Waals surface area contributed by atoms with Crippen LogP contribution in [-0.4, -0.2) is 95.9 Å². The minimum Gasteiger partial charge on any atom is -0.456 e. The highest BCUT2D eigenvalue weighted by Gasteiger charge is 2.55. The highest BCUT2D eigenvalue weighted by atomic mass is 31.2. The van der Waals surface area contributed by atoms with Gasteiger partial charge in [-0.2, -0.15) is 0 Å². The molecule has 2 aliphatic heterocycles. The molecule has 0 spiro atoms. The Morgan fingerprint density at radius 1 is 0.925 bits per heavy atom. The van der Waals surface area contributed by atoms with E-state index in [0.717, 1.165) is 12.1 Å². The fraction of sp³-hybridized carbons (Fsp3) is 0.800. The van der Waals surface area contributed by atoms with E-state index in [0.29, 0.717) is 19.4 Å². The van der Waals surface area contributed by atoms with Crippen LogP contribution in [0.15, 0.2) is 33.6 Å². The standard InChI is InChI=1S/C40H70N3O8PSi/c1-10-13-24-52(25-14-11-2,26-15-12-3)27-16-22-42-32(17-19-35(42)46)18-20-36(47)50-37-33(28-44)49-39(43-23-21-34(45)41-40(43)48)38(37)51-53(29(4)5,30(6)7)31(8)9/h18,21,23,29-31,33,37-39,44H,10-17,19-20,22,24-28H2,1-9H3/p+1/b32-18+/t33-,37+,38?,39-/m1/s1. The van der Waals surface area contributed by atoms with E-state index < -0.39 is 63.9 Å². The van der Waals surface area contributed by atoms with Crippen molar-refractivity contribution >= 4 is 27.5 Å². The molecule has 1 aromatic rings. The molecule has 0 saturated carbocycles. The highest BCUT2D eigenvalue weighted by Crippen LogP contribution is 2.61. The number of aliphatic hydroxyl groups is 1. The van der Waals surface area contributed by atoms with E-state index in [1.54, 1.807) is 0 Å². The summed E-state index contributed by atoms with van der Waals surface area (Å²) in [6, 6.07) is 1.23. The molecule has 4 atom stereocenters. The number of nitrogens with zero attached hydrogens (tertiary/aromatic N) is 2. The number of carbonyl (C=O) groups excluding carboxylic acids is 2. The molecule has 3 heterocycles. The van der Waals surface area contributed by atoms with E-state index in [1.807, 2.05) is 11.0 Å². The first-order valence-corrected chi connectivity index (χ1v) is 25.2. The van der Waals surface area contributed by atoms with Gasteiger partial charge in [0.25, 0.3) is 5.56 Å². The summed E-state index contributed by atoms with van der Waals surface area (Å²) in [6.45, 7) is 19.9. The van der Waals surface area contributed by atoms with Crippen molar-refractivity contribution in [3.05, 3.63) is 44.9 Å². The summed E-state index contributed by atoms with van der Waals surface area (Å²) < 4.78 is 20.7. The van der Waals surface area contributed by atoms with Crippen LogP contribution in [0.5, 0.6) is 0 Å². The maximum atomic E-state index is 13.7. The van der Waals surface area contributed by atoms with Crippen LogP contribution in [0.2, 0.25) is 16.6 Å². The molecule has 11 nitrogen and oxygen atoms in total. The number of allylic oxidation sites excluding steroid dienone is 1. The number of hydrogen-bond acceptors (Lipinski definition) is 8. The Morgan fingerprint density at radius 2 is 1.49 bits per heavy atom. The Balaban J connectivity index is 1.84. The molecule has 2 N–H and O–H groups in total. The molecule has 2 saturated heterocycles. The number of hydrogen-bond donors (Lipinski definition) is 2. The van der Waals surface area contributed by atoms with Gasteiger partial charge in [0.05, 0.1) is 37.7 Å². The summed E-state index contributed by atoms with van der Waals surface area (Å²) in [7, 11) is -3.72. The molecule has 0 aliphatic carbocycles. The van der Waals surface area contributed by atoms with Crippen LogP contribution in [0, 0.1) is 0 Å². The number of amides is 1. The minimum atomic E-state index is -2.63. The molecule has 0 radical (unpaired) electrons. The van der Waals surface area contributed by atoms with E-state index in [4.69, 9.17) is 13.9 Å². The summed E-state index contributed by atoms with van der Waals surface area (Å²) >= 11 is 0. The SMILES string of the molecule is CCCC[P+](CCCC)(CCCC)CCCN1C(=O)CC/C1=C\CC(=O)O[C@@H]1C(O[Si](C(C)C)(C(C)C)C(C)C)[C@H](n2ccc(=O)[nH]c2=O)O[C@@H]1CO. The van der Waals surface area contributed by atoms with Gasteiger partial charge in [-0.1, -0.05) is 87.7 Å². The van der Waals surface area contributed by atoms with Gasteiger partial charge in [-0.05, 0) is 48.7 Å². The van der Waals surface area contributed by atoms with Crippen LogP contribution < -0.4 is 11.2 Å². The van der Waals surface area contributed by atoms with Gasteiger partial charge in [0.15, 0.2) is 12.3 Å². The maximum absolute atomic E-state index is 13.7. The lowest BCUT2D eigenvalue weighted by atomic mass is 10.1. The van der Waals surface area contributed by atoms with Crippen molar-refractivity contribution in [3.63, 3.8) is 0 Å². The van der Waals surface area contributed by atoms with E-state index in [9.17, 15) is 24.3 Å². The van der Waals surface area contributed by atoms with Crippen molar-refractivity contribution in [2.75, 3.05) is 37.8 Å². The van der Waals surface area contributed by atoms with Gasteiger partial charge >= 0.3 is 11.7 Å². The number of carbonyl (C=O) groups is 2.